The molecule has 1 fully saturated rings. The molecule has 0 atom stereocenters. The van der Waals surface area contributed by atoms with Crippen LogP contribution in [0.25, 0.3) is 0 Å². The number of amides is 1. The van der Waals surface area contributed by atoms with Gasteiger partial charge in [-0.3, -0.25) is 9.69 Å². The van der Waals surface area contributed by atoms with E-state index in [1.165, 1.54) is 6.07 Å². The summed E-state index contributed by atoms with van der Waals surface area (Å²) < 4.78 is 13.8. The number of halogens is 3. The van der Waals surface area contributed by atoms with Crippen molar-refractivity contribution in [1.29, 1.82) is 0 Å². The van der Waals surface area contributed by atoms with E-state index in [4.69, 9.17) is 11.6 Å². The summed E-state index contributed by atoms with van der Waals surface area (Å²) in [4.78, 5) is 16.2. The molecule has 4 nitrogen and oxygen atoms in total. The van der Waals surface area contributed by atoms with Gasteiger partial charge in [-0.15, -0.1) is 12.4 Å². The van der Waals surface area contributed by atoms with E-state index in [0.29, 0.717) is 36.0 Å². The Morgan fingerprint density at radius 2 is 1.80 bits per heavy atom. The molecule has 0 spiro atoms. The highest BCUT2D eigenvalue weighted by atomic mass is 35.5. The Labute approximate surface area is 158 Å². The molecule has 1 amide bonds. The molecule has 2 aromatic carbocycles. The maximum absolute atomic E-state index is 13.8. The molecule has 1 saturated heterocycles. The Bertz CT molecular complexity index is 721. The summed E-state index contributed by atoms with van der Waals surface area (Å²) in [5.41, 5.74) is 1.32. The second kappa shape index (κ2) is 9.04. The van der Waals surface area contributed by atoms with Gasteiger partial charge in [0.2, 0.25) is 5.91 Å². The van der Waals surface area contributed by atoms with Crippen LogP contribution in [0.2, 0.25) is 5.02 Å². The Morgan fingerprint density at radius 1 is 1.08 bits per heavy atom. The van der Waals surface area contributed by atoms with E-state index >= 15 is 0 Å². The molecule has 0 aliphatic carbocycles. The molecular weight excluding hydrogens is 364 g/mol. The fraction of sp³-hybridized carbons (Fsp3) is 0.278. The third-order valence-electron chi connectivity index (χ3n) is 4.04. The quantitative estimate of drug-likeness (QED) is 0.874. The minimum atomic E-state index is -0.204. The number of carbonyl (C=O) groups is 1. The molecule has 1 heterocycles. The van der Waals surface area contributed by atoms with Crippen LogP contribution in [0, 0.1) is 5.82 Å². The number of hydrogen-bond donors (Lipinski definition) is 1. The second-order valence-corrected chi connectivity index (χ2v) is 6.21. The monoisotopic (exact) mass is 383 g/mol. The summed E-state index contributed by atoms with van der Waals surface area (Å²) in [6.45, 7) is 3.16. The number of carbonyl (C=O) groups excluding carboxylic acids is 1. The number of piperazine rings is 1. The van der Waals surface area contributed by atoms with Gasteiger partial charge in [-0.05, 0) is 30.3 Å². The zero-order valence-corrected chi connectivity index (χ0v) is 15.2. The second-order valence-electron chi connectivity index (χ2n) is 5.77. The van der Waals surface area contributed by atoms with Crippen molar-refractivity contribution >= 4 is 41.3 Å². The first-order valence-electron chi connectivity index (χ1n) is 7.89. The third kappa shape index (κ3) is 5.33. The molecule has 7 heteroatoms. The van der Waals surface area contributed by atoms with Crippen LogP contribution in [0.3, 0.4) is 0 Å². The fourth-order valence-corrected chi connectivity index (χ4v) is 3.02. The van der Waals surface area contributed by atoms with Gasteiger partial charge in [0.05, 0.1) is 12.2 Å². The van der Waals surface area contributed by atoms with Crippen molar-refractivity contribution < 1.29 is 9.18 Å². The average Bonchev–Trinajstić information content (AvgIpc) is 2.56. The van der Waals surface area contributed by atoms with Crippen LogP contribution in [-0.4, -0.2) is 43.5 Å². The fourth-order valence-electron chi connectivity index (χ4n) is 2.82. The van der Waals surface area contributed by atoms with Gasteiger partial charge in [0.25, 0.3) is 0 Å². The Hall–Kier alpha value is -1.82. The molecule has 0 unspecified atom stereocenters. The molecule has 1 aliphatic heterocycles. The number of rotatable bonds is 4. The number of nitrogens with one attached hydrogen (secondary N) is 1. The summed E-state index contributed by atoms with van der Waals surface area (Å²) in [5, 5.41) is 3.43. The summed E-state index contributed by atoms with van der Waals surface area (Å²) >= 11 is 5.91. The van der Waals surface area contributed by atoms with E-state index in [2.05, 4.69) is 10.2 Å². The van der Waals surface area contributed by atoms with Crippen molar-refractivity contribution in [3.05, 3.63) is 59.4 Å². The number of nitrogens with zero attached hydrogens (tertiary/aromatic N) is 2. The highest BCUT2D eigenvalue weighted by Gasteiger charge is 2.20. The van der Waals surface area contributed by atoms with Crippen LogP contribution in [-0.2, 0) is 4.79 Å². The lowest BCUT2D eigenvalue weighted by molar-refractivity contribution is -0.117. The molecule has 0 aromatic heterocycles. The minimum absolute atomic E-state index is 0. The van der Waals surface area contributed by atoms with Crippen molar-refractivity contribution in [1.82, 2.24) is 4.90 Å². The molecule has 3 rings (SSSR count). The molecule has 0 saturated carbocycles. The maximum atomic E-state index is 13.8. The predicted molar refractivity (Wildman–Crippen MR) is 102 cm³/mol. The van der Waals surface area contributed by atoms with Gasteiger partial charge in [-0.1, -0.05) is 29.8 Å². The van der Waals surface area contributed by atoms with Crippen molar-refractivity contribution in [2.24, 2.45) is 0 Å². The molecule has 1 aliphatic rings. The topological polar surface area (TPSA) is 35.6 Å². The van der Waals surface area contributed by atoms with Gasteiger partial charge >= 0.3 is 0 Å². The van der Waals surface area contributed by atoms with E-state index in [1.807, 2.05) is 11.0 Å². The first kappa shape index (κ1) is 19.5. The van der Waals surface area contributed by atoms with Gasteiger partial charge in [-0.25, -0.2) is 4.39 Å². The SMILES string of the molecule is Cl.O=C(CN1CCN(c2ccccc2F)CC1)Nc1cccc(Cl)c1. The van der Waals surface area contributed by atoms with Crippen LogP contribution in [0.4, 0.5) is 15.8 Å². The van der Waals surface area contributed by atoms with E-state index in [0.717, 1.165) is 13.1 Å². The summed E-state index contributed by atoms with van der Waals surface area (Å²) in [5.74, 6) is -0.277. The lowest BCUT2D eigenvalue weighted by Gasteiger charge is -2.35. The van der Waals surface area contributed by atoms with Gasteiger partial charge in [0.1, 0.15) is 5.82 Å². The number of para-hydroxylation sites is 1. The number of benzene rings is 2. The summed E-state index contributed by atoms with van der Waals surface area (Å²) in [6, 6.07) is 13.9. The maximum Gasteiger partial charge on any atom is 0.238 e. The average molecular weight is 384 g/mol. The highest BCUT2D eigenvalue weighted by molar-refractivity contribution is 6.30. The Balaban J connectivity index is 0.00000225. The lowest BCUT2D eigenvalue weighted by atomic mass is 10.2. The number of hydrogen-bond acceptors (Lipinski definition) is 3. The third-order valence-corrected chi connectivity index (χ3v) is 4.28. The van der Waals surface area contributed by atoms with Crippen LogP contribution in [0.1, 0.15) is 0 Å². The molecule has 2 aromatic rings. The van der Waals surface area contributed by atoms with E-state index < -0.39 is 0 Å². The van der Waals surface area contributed by atoms with Gasteiger partial charge < -0.3 is 10.2 Å². The van der Waals surface area contributed by atoms with Crippen molar-refractivity contribution in [3.8, 4) is 0 Å². The first-order chi connectivity index (χ1) is 11.6. The highest BCUT2D eigenvalue weighted by Crippen LogP contribution is 2.20. The van der Waals surface area contributed by atoms with Gasteiger partial charge in [0.15, 0.2) is 0 Å². The molecule has 1 N–H and O–H groups in total. The Morgan fingerprint density at radius 3 is 2.48 bits per heavy atom. The lowest BCUT2D eigenvalue weighted by Crippen LogP contribution is -2.48. The van der Waals surface area contributed by atoms with Gasteiger partial charge in [0, 0.05) is 36.9 Å². The van der Waals surface area contributed by atoms with Crippen molar-refractivity contribution in [3.63, 3.8) is 0 Å². The molecule has 0 bridgehead atoms. The standard InChI is InChI=1S/C18H19ClFN3O.ClH/c19-14-4-3-5-15(12-14)21-18(24)13-22-8-10-23(11-9-22)17-7-2-1-6-16(17)20;/h1-7,12H,8-11,13H2,(H,21,24);1H. The minimum Gasteiger partial charge on any atom is -0.367 e. The van der Waals surface area contributed by atoms with E-state index in [1.54, 1.807) is 36.4 Å². The molecule has 0 radical (unpaired) electrons. The number of anilines is 2. The van der Waals surface area contributed by atoms with Crippen LogP contribution >= 0.6 is 24.0 Å². The smallest absolute Gasteiger partial charge is 0.238 e. The largest absolute Gasteiger partial charge is 0.367 e. The van der Waals surface area contributed by atoms with E-state index in [9.17, 15) is 9.18 Å². The van der Waals surface area contributed by atoms with Crippen LogP contribution in [0.5, 0.6) is 0 Å². The molecular formula is C18H20Cl2FN3O. The van der Waals surface area contributed by atoms with Gasteiger partial charge in [-0.2, -0.15) is 0 Å². The predicted octanol–water partition coefficient (Wildman–Crippen LogP) is 3.66. The molecule has 134 valence electrons. The summed E-state index contributed by atoms with van der Waals surface area (Å²) in [6.07, 6.45) is 0. The van der Waals surface area contributed by atoms with Crippen LogP contribution in [0.15, 0.2) is 48.5 Å². The van der Waals surface area contributed by atoms with E-state index in [-0.39, 0.29) is 24.1 Å². The zero-order valence-electron chi connectivity index (χ0n) is 13.6. The normalized spacial score (nSPS) is 14.7. The first-order valence-corrected chi connectivity index (χ1v) is 8.27. The molecule has 25 heavy (non-hydrogen) atoms. The van der Waals surface area contributed by atoms with Crippen LogP contribution < -0.4 is 10.2 Å². The van der Waals surface area contributed by atoms with Crippen molar-refractivity contribution in [2.75, 3.05) is 42.9 Å². The van der Waals surface area contributed by atoms with Crippen molar-refractivity contribution in [2.45, 2.75) is 0 Å². The summed E-state index contributed by atoms with van der Waals surface area (Å²) in [7, 11) is 0. The zero-order chi connectivity index (χ0) is 16.9. The Kier molecular flexibility index (Phi) is 7.05.